The number of hydrogen-bond donors (Lipinski definition) is 1. The standard InChI is InChI=1S/C5H7N3/c1-5(8,4-7)2-3-6/h2,8H2,1H3. The highest BCUT2D eigenvalue weighted by molar-refractivity contribution is 5.05. The highest BCUT2D eigenvalue weighted by Crippen LogP contribution is 1.99. The summed E-state index contributed by atoms with van der Waals surface area (Å²) in [6.07, 6.45) is 0.0868. The largest absolute Gasteiger partial charge is 0.313 e. The third kappa shape index (κ3) is 2.17. The Morgan fingerprint density at radius 2 is 2.12 bits per heavy atom. The maximum Gasteiger partial charge on any atom is 0.114 e. The Morgan fingerprint density at radius 1 is 1.62 bits per heavy atom. The topological polar surface area (TPSA) is 73.6 Å². The molecule has 0 fully saturated rings. The third-order valence-corrected chi connectivity index (χ3v) is 0.702. The zero-order valence-electron chi connectivity index (χ0n) is 4.68. The van der Waals surface area contributed by atoms with Crippen LogP contribution in [0.25, 0.3) is 0 Å². The number of rotatable bonds is 1. The molecular weight excluding hydrogens is 102 g/mol. The van der Waals surface area contributed by atoms with Crippen molar-refractivity contribution in [1.29, 1.82) is 10.5 Å². The van der Waals surface area contributed by atoms with E-state index in [9.17, 15) is 0 Å². The van der Waals surface area contributed by atoms with E-state index in [0.717, 1.165) is 0 Å². The molecule has 0 aliphatic carbocycles. The third-order valence-electron chi connectivity index (χ3n) is 0.702. The van der Waals surface area contributed by atoms with Crippen molar-refractivity contribution in [3.8, 4) is 12.1 Å². The second kappa shape index (κ2) is 2.30. The van der Waals surface area contributed by atoms with Gasteiger partial charge in [0.1, 0.15) is 5.54 Å². The molecular formula is C5H7N3. The van der Waals surface area contributed by atoms with Gasteiger partial charge in [0.25, 0.3) is 0 Å². The Labute approximate surface area is 48.3 Å². The van der Waals surface area contributed by atoms with Gasteiger partial charge in [0.15, 0.2) is 0 Å². The fraction of sp³-hybridized carbons (Fsp3) is 0.600. The monoisotopic (exact) mass is 109 g/mol. The van der Waals surface area contributed by atoms with Gasteiger partial charge in [-0.2, -0.15) is 10.5 Å². The molecule has 0 aromatic carbocycles. The Morgan fingerprint density at radius 3 is 2.25 bits per heavy atom. The average molecular weight is 109 g/mol. The van der Waals surface area contributed by atoms with E-state index < -0.39 is 5.54 Å². The van der Waals surface area contributed by atoms with Gasteiger partial charge in [0.2, 0.25) is 0 Å². The molecule has 0 aromatic heterocycles. The minimum Gasteiger partial charge on any atom is -0.313 e. The molecule has 0 rings (SSSR count). The van der Waals surface area contributed by atoms with Gasteiger partial charge >= 0.3 is 0 Å². The van der Waals surface area contributed by atoms with Crippen LogP contribution < -0.4 is 5.73 Å². The zero-order chi connectivity index (χ0) is 6.62. The predicted molar refractivity (Wildman–Crippen MR) is 28.4 cm³/mol. The molecule has 0 radical (unpaired) electrons. The first kappa shape index (κ1) is 6.94. The van der Waals surface area contributed by atoms with Crippen molar-refractivity contribution in [2.75, 3.05) is 0 Å². The summed E-state index contributed by atoms with van der Waals surface area (Å²) in [6, 6.07) is 3.61. The minimum absolute atomic E-state index is 0.0868. The van der Waals surface area contributed by atoms with E-state index in [1.54, 1.807) is 6.07 Å². The van der Waals surface area contributed by atoms with Gasteiger partial charge in [0, 0.05) is 0 Å². The van der Waals surface area contributed by atoms with E-state index in [-0.39, 0.29) is 6.42 Å². The van der Waals surface area contributed by atoms with Crippen molar-refractivity contribution in [2.45, 2.75) is 18.9 Å². The van der Waals surface area contributed by atoms with Crippen molar-refractivity contribution < 1.29 is 0 Å². The zero-order valence-corrected chi connectivity index (χ0v) is 4.68. The van der Waals surface area contributed by atoms with Crippen molar-refractivity contribution in [3.63, 3.8) is 0 Å². The highest BCUT2D eigenvalue weighted by Gasteiger charge is 2.15. The summed E-state index contributed by atoms with van der Waals surface area (Å²) in [5.74, 6) is 0. The summed E-state index contributed by atoms with van der Waals surface area (Å²) < 4.78 is 0. The number of nitrogens with two attached hydrogens (primary N) is 1. The Bertz CT molecular complexity index is 146. The van der Waals surface area contributed by atoms with Gasteiger partial charge in [0.05, 0.1) is 18.6 Å². The van der Waals surface area contributed by atoms with Gasteiger partial charge in [-0.05, 0) is 6.92 Å². The van der Waals surface area contributed by atoms with E-state index in [2.05, 4.69) is 0 Å². The molecule has 0 saturated carbocycles. The van der Waals surface area contributed by atoms with Crippen LogP contribution in [0.2, 0.25) is 0 Å². The van der Waals surface area contributed by atoms with Crippen LogP contribution in [0, 0.1) is 22.7 Å². The summed E-state index contributed by atoms with van der Waals surface area (Å²) in [5, 5.41) is 16.3. The lowest BCUT2D eigenvalue weighted by Gasteiger charge is -2.07. The molecule has 0 saturated heterocycles. The normalized spacial score (nSPS) is 15.5. The molecule has 42 valence electrons. The lowest BCUT2D eigenvalue weighted by atomic mass is 10.0. The summed E-state index contributed by atoms with van der Waals surface area (Å²) in [5.41, 5.74) is 4.28. The second-order valence-electron chi connectivity index (χ2n) is 1.86. The van der Waals surface area contributed by atoms with Crippen LogP contribution in [0.5, 0.6) is 0 Å². The van der Waals surface area contributed by atoms with Crippen LogP contribution in [-0.4, -0.2) is 5.54 Å². The summed E-state index contributed by atoms with van der Waals surface area (Å²) in [6.45, 7) is 1.52. The minimum atomic E-state index is -0.964. The van der Waals surface area contributed by atoms with Gasteiger partial charge in [-0.1, -0.05) is 0 Å². The van der Waals surface area contributed by atoms with Gasteiger partial charge in [-0.15, -0.1) is 0 Å². The molecule has 1 atom stereocenters. The molecule has 0 aromatic rings. The van der Waals surface area contributed by atoms with Crippen LogP contribution in [0.3, 0.4) is 0 Å². The van der Waals surface area contributed by atoms with E-state index in [0.29, 0.717) is 0 Å². The quantitative estimate of drug-likeness (QED) is 0.520. The summed E-state index contributed by atoms with van der Waals surface area (Å²) in [4.78, 5) is 0. The van der Waals surface area contributed by atoms with Crippen molar-refractivity contribution in [1.82, 2.24) is 0 Å². The first-order chi connectivity index (χ1) is 3.62. The number of hydrogen-bond acceptors (Lipinski definition) is 3. The lowest BCUT2D eigenvalue weighted by Crippen LogP contribution is -2.33. The van der Waals surface area contributed by atoms with E-state index in [1.165, 1.54) is 6.92 Å². The second-order valence-corrected chi connectivity index (χ2v) is 1.86. The smallest absolute Gasteiger partial charge is 0.114 e. The summed E-state index contributed by atoms with van der Waals surface area (Å²) in [7, 11) is 0. The van der Waals surface area contributed by atoms with E-state index in [1.807, 2.05) is 6.07 Å². The summed E-state index contributed by atoms with van der Waals surface area (Å²) >= 11 is 0. The maximum atomic E-state index is 8.20. The number of nitriles is 2. The van der Waals surface area contributed by atoms with Crippen LogP contribution in [0.15, 0.2) is 0 Å². The van der Waals surface area contributed by atoms with E-state index >= 15 is 0 Å². The Balaban J connectivity index is 3.82. The molecule has 0 amide bonds. The van der Waals surface area contributed by atoms with Crippen molar-refractivity contribution in [3.05, 3.63) is 0 Å². The molecule has 0 bridgehead atoms. The predicted octanol–water partition coefficient (Wildman–Crippen LogP) is 0.141. The van der Waals surface area contributed by atoms with Crippen LogP contribution in [0.4, 0.5) is 0 Å². The van der Waals surface area contributed by atoms with Crippen LogP contribution in [-0.2, 0) is 0 Å². The first-order valence-corrected chi connectivity index (χ1v) is 2.19. The molecule has 0 aliphatic heterocycles. The molecule has 3 nitrogen and oxygen atoms in total. The Hall–Kier alpha value is -1.06. The van der Waals surface area contributed by atoms with Crippen LogP contribution >= 0.6 is 0 Å². The fourth-order valence-corrected chi connectivity index (χ4v) is 0.204. The van der Waals surface area contributed by atoms with Gasteiger partial charge in [-0.3, -0.25) is 0 Å². The molecule has 8 heavy (non-hydrogen) atoms. The fourth-order valence-electron chi connectivity index (χ4n) is 0.204. The molecule has 3 heteroatoms. The maximum absolute atomic E-state index is 8.20. The Kier molecular flexibility index (Phi) is 1.99. The molecule has 0 spiro atoms. The van der Waals surface area contributed by atoms with Crippen molar-refractivity contribution in [2.24, 2.45) is 5.73 Å². The van der Waals surface area contributed by atoms with Crippen LogP contribution in [0.1, 0.15) is 13.3 Å². The molecule has 1 unspecified atom stereocenters. The molecule has 0 heterocycles. The van der Waals surface area contributed by atoms with Gasteiger partial charge < -0.3 is 5.73 Å². The van der Waals surface area contributed by atoms with E-state index in [4.69, 9.17) is 16.3 Å². The first-order valence-electron chi connectivity index (χ1n) is 2.19. The highest BCUT2D eigenvalue weighted by atomic mass is 14.7. The van der Waals surface area contributed by atoms with Gasteiger partial charge in [-0.25, -0.2) is 0 Å². The van der Waals surface area contributed by atoms with Crippen molar-refractivity contribution >= 4 is 0 Å². The SMILES string of the molecule is CC(N)(C#N)CC#N. The molecule has 0 aliphatic rings. The molecule has 2 N–H and O–H groups in total. The number of nitrogens with zero attached hydrogens (tertiary/aromatic N) is 2. The lowest BCUT2D eigenvalue weighted by molar-refractivity contribution is 0.616. The average Bonchev–Trinajstić information content (AvgIpc) is 1.67.